The lowest BCUT2D eigenvalue weighted by Gasteiger charge is -2.33. The molecule has 0 aromatic heterocycles. The Balaban J connectivity index is 1.75. The number of carbonyl (C=O) groups excluding carboxylic acids is 1. The van der Waals surface area contributed by atoms with Gasteiger partial charge in [0.15, 0.2) is 0 Å². The van der Waals surface area contributed by atoms with Gasteiger partial charge in [0, 0.05) is 38.7 Å². The number of nitrogens with zero attached hydrogens (tertiary/aromatic N) is 1. The Morgan fingerprint density at radius 1 is 1.25 bits per heavy atom. The second-order valence-corrected chi connectivity index (χ2v) is 7.20. The van der Waals surface area contributed by atoms with Gasteiger partial charge in [0.1, 0.15) is 0 Å². The normalized spacial score (nSPS) is 17.9. The Morgan fingerprint density at radius 3 is 2.42 bits per heavy atom. The van der Waals surface area contributed by atoms with Crippen LogP contribution in [0.25, 0.3) is 0 Å². The molecular formula is C20H32N2O2. The van der Waals surface area contributed by atoms with Crippen LogP contribution in [0.1, 0.15) is 50.3 Å². The zero-order chi connectivity index (χ0) is 17.5. The summed E-state index contributed by atoms with van der Waals surface area (Å²) in [6.07, 6.45) is 3.24. The molecule has 134 valence electrons. The first kappa shape index (κ1) is 18.9. The molecule has 1 saturated heterocycles. The minimum absolute atomic E-state index is 0.0694. The Kier molecular flexibility index (Phi) is 7.25. The minimum atomic E-state index is 0.0694. The number of piperidine rings is 1. The number of ether oxygens (including phenoxy) is 1. The molecular weight excluding hydrogens is 300 g/mol. The summed E-state index contributed by atoms with van der Waals surface area (Å²) in [5, 5.41) is 3.16. The molecule has 1 aromatic rings. The van der Waals surface area contributed by atoms with Crippen LogP contribution in [0.15, 0.2) is 24.3 Å². The molecule has 24 heavy (non-hydrogen) atoms. The minimum Gasteiger partial charge on any atom is -0.377 e. The van der Waals surface area contributed by atoms with Crippen LogP contribution in [0.5, 0.6) is 0 Å². The Morgan fingerprint density at radius 2 is 1.88 bits per heavy atom. The number of aryl methyl sites for hydroxylation is 1. The average Bonchev–Trinajstić information content (AvgIpc) is 2.58. The van der Waals surface area contributed by atoms with Crippen LogP contribution in [-0.2, 0) is 9.53 Å². The van der Waals surface area contributed by atoms with Gasteiger partial charge in [-0.15, -0.1) is 0 Å². The zero-order valence-corrected chi connectivity index (χ0v) is 15.5. The lowest BCUT2D eigenvalue weighted by Crippen LogP contribution is -2.46. The summed E-state index contributed by atoms with van der Waals surface area (Å²) in [6.45, 7) is 9.13. The number of likely N-dealkylation sites (tertiary alicyclic amines) is 1. The van der Waals surface area contributed by atoms with Gasteiger partial charge in [-0.2, -0.15) is 0 Å². The maximum absolute atomic E-state index is 11.8. The monoisotopic (exact) mass is 332 g/mol. The second kappa shape index (κ2) is 9.19. The number of hydrogen-bond acceptors (Lipinski definition) is 3. The molecule has 1 fully saturated rings. The van der Waals surface area contributed by atoms with E-state index in [0.29, 0.717) is 6.04 Å². The fourth-order valence-electron chi connectivity index (χ4n) is 3.17. The van der Waals surface area contributed by atoms with E-state index in [1.165, 1.54) is 11.1 Å². The van der Waals surface area contributed by atoms with Crippen LogP contribution in [0.4, 0.5) is 0 Å². The Hall–Kier alpha value is -1.39. The summed E-state index contributed by atoms with van der Waals surface area (Å²) < 4.78 is 5.68. The van der Waals surface area contributed by atoms with Crippen molar-refractivity contribution in [2.45, 2.75) is 52.2 Å². The highest BCUT2D eigenvalue weighted by molar-refractivity contribution is 5.78. The average molecular weight is 332 g/mol. The molecule has 4 heteroatoms. The van der Waals surface area contributed by atoms with E-state index in [1.807, 2.05) is 13.8 Å². The highest BCUT2D eigenvalue weighted by Crippen LogP contribution is 2.22. The van der Waals surface area contributed by atoms with Gasteiger partial charge in [0.25, 0.3) is 0 Å². The van der Waals surface area contributed by atoms with E-state index in [9.17, 15) is 4.79 Å². The van der Waals surface area contributed by atoms with Gasteiger partial charge in [-0.3, -0.25) is 4.79 Å². The van der Waals surface area contributed by atoms with Gasteiger partial charge in [-0.05, 0) is 31.7 Å². The highest BCUT2D eigenvalue weighted by Gasteiger charge is 2.22. The number of rotatable bonds is 7. The van der Waals surface area contributed by atoms with Crippen molar-refractivity contribution >= 4 is 5.91 Å². The number of hydrogen-bond donors (Lipinski definition) is 1. The summed E-state index contributed by atoms with van der Waals surface area (Å²) in [6, 6.07) is 8.95. The van der Waals surface area contributed by atoms with Gasteiger partial charge in [0.2, 0.25) is 5.91 Å². The van der Waals surface area contributed by atoms with Gasteiger partial charge in [-0.1, -0.05) is 43.7 Å². The van der Waals surface area contributed by atoms with Crippen LogP contribution in [0, 0.1) is 12.8 Å². The highest BCUT2D eigenvalue weighted by atomic mass is 16.5. The number of methoxy groups -OCH3 is 1. The molecule has 1 atom stereocenters. The summed E-state index contributed by atoms with van der Waals surface area (Å²) in [4.78, 5) is 14.3. The lowest BCUT2D eigenvalue weighted by atomic mass is 10.0. The van der Waals surface area contributed by atoms with Crippen molar-refractivity contribution in [3.05, 3.63) is 35.4 Å². The molecule has 0 saturated carbocycles. The quantitative estimate of drug-likeness (QED) is 0.833. The SMILES string of the molecule is COC(CCN1CCC(NC(=O)C(C)C)CC1)c1ccc(C)cc1. The fraction of sp³-hybridized carbons (Fsp3) is 0.650. The summed E-state index contributed by atoms with van der Waals surface area (Å²) in [5.74, 6) is 0.243. The van der Waals surface area contributed by atoms with E-state index in [0.717, 1.165) is 38.9 Å². The van der Waals surface area contributed by atoms with Crippen molar-refractivity contribution in [3.8, 4) is 0 Å². The third-order valence-electron chi connectivity index (χ3n) is 4.90. The first-order valence-corrected chi connectivity index (χ1v) is 9.11. The van der Waals surface area contributed by atoms with Crippen LogP contribution in [0.2, 0.25) is 0 Å². The summed E-state index contributed by atoms with van der Waals surface area (Å²) in [7, 11) is 1.79. The predicted molar refractivity (Wildman–Crippen MR) is 98.0 cm³/mol. The zero-order valence-electron chi connectivity index (χ0n) is 15.5. The van der Waals surface area contributed by atoms with Crippen molar-refractivity contribution in [1.82, 2.24) is 10.2 Å². The molecule has 1 heterocycles. The fourth-order valence-corrected chi connectivity index (χ4v) is 3.17. The van der Waals surface area contributed by atoms with Gasteiger partial charge < -0.3 is 15.0 Å². The van der Waals surface area contributed by atoms with E-state index < -0.39 is 0 Å². The summed E-state index contributed by atoms with van der Waals surface area (Å²) >= 11 is 0. The van der Waals surface area contributed by atoms with Crippen LogP contribution in [-0.4, -0.2) is 43.6 Å². The van der Waals surface area contributed by atoms with Gasteiger partial charge >= 0.3 is 0 Å². The molecule has 0 radical (unpaired) electrons. The lowest BCUT2D eigenvalue weighted by molar-refractivity contribution is -0.125. The molecule has 1 unspecified atom stereocenters. The van der Waals surface area contributed by atoms with Crippen LogP contribution in [0.3, 0.4) is 0 Å². The predicted octanol–water partition coefficient (Wildman–Crippen LogP) is 3.31. The molecule has 1 aliphatic heterocycles. The van der Waals surface area contributed by atoms with Crippen LogP contribution < -0.4 is 5.32 Å². The molecule has 1 aliphatic rings. The van der Waals surface area contributed by atoms with Gasteiger partial charge in [-0.25, -0.2) is 0 Å². The second-order valence-electron chi connectivity index (χ2n) is 7.20. The molecule has 4 nitrogen and oxygen atoms in total. The van der Waals surface area contributed by atoms with E-state index >= 15 is 0 Å². The largest absolute Gasteiger partial charge is 0.377 e. The van der Waals surface area contributed by atoms with E-state index in [-0.39, 0.29) is 17.9 Å². The van der Waals surface area contributed by atoms with E-state index in [2.05, 4.69) is 41.4 Å². The van der Waals surface area contributed by atoms with Crippen molar-refractivity contribution in [3.63, 3.8) is 0 Å². The Bertz CT molecular complexity index is 505. The maximum atomic E-state index is 11.8. The first-order valence-electron chi connectivity index (χ1n) is 9.11. The molecule has 2 rings (SSSR count). The smallest absolute Gasteiger partial charge is 0.222 e. The molecule has 0 aliphatic carbocycles. The standard InChI is InChI=1S/C20H32N2O2/c1-15(2)20(23)21-18-9-12-22(13-10-18)14-11-19(24-4)17-7-5-16(3)6-8-17/h5-8,15,18-19H,9-14H2,1-4H3,(H,21,23). The Labute approximate surface area is 146 Å². The molecule has 1 N–H and O–H groups in total. The third-order valence-corrected chi connectivity index (χ3v) is 4.90. The van der Waals surface area contributed by atoms with E-state index in [1.54, 1.807) is 7.11 Å². The first-order chi connectivity index (χ1) is 11.5. The molecule has 0 bridgehead atoms. The molecule has 1 aromatic carbocycles. The number of nitrogens with one attached hydrogen (secondary N) is 1. The summed E-state index contributed by atoms with van der Waals surface area (Å²) in [5.41, 5.74) is 2.53. The van der Waals surface area contributed by atoms with E-state index in [4.69, 9.17) is 4.74 Å². The maximum Gasteiger partial charge on any atom is 0.222 e. The topological polar surface area (TPSA) is 41.6 Å². The van der Waals surface area contributed by atoms with Crippen molar-refractivity contribution < 1.29 is 9.53 Å². The van der Waals surface area contributed by atoms with Crippen molar-refractivity contribution in [2.75, 3.05) is 26.7 Å². The van der Waals surface area contributed by atoms with Crippen molar-refractivity contribution in [2.24, 2.45) is 5.92 Å². The third kappa shape index (κ3) is 5.60. The molecule has 1 amide bonds. The number of carbonyl (C=O) groups is 1. The number of amides is 1. The number of benzene rings is 1. The molecule has 0 spiro atoms. The van der Waals surface area contributed by atoms with Crippen molar-refractivity contribution in [1.29, 1.82) is 0 Å². The van der Waals surface area contributed by atoms with Crippen LogP contribution >= 0.6 is 0 Å². The van der Waals surface area contributed by atoms with Gasteiger partial charge in [0.05, 0.1) is 6.10 Å².